The molecule has 0 radical (unpaired) electrons. The van der Waals surface area contributed by atoms with E-state index in [1.807, 2.05) is 36.4 Å². The maximum Gasteiger partial charge on any atom is 0.227 e. The Balaban J connectivity index is 1.66. The second kappa shape index (κ2) is 6.57. The number of hydrogen-bond acceptors (Lipinski definition) is 4. The molecule has 0 bridgehead atoms. The molecule has 0 aliphatic heterocycles. The molecule has 1 heterocycles. The molecule has 0 aliphatic rings. The number of thiocarbonyl (C=S) groups is 1. The lowest BCUT2D eigenvalue weighted by molar-refractivity contribution is -0.117. The van der Waals surface area contributed by atoms with Gasteiger partial charge in [-0.1, -0.05) is 30.3 Å². The number of benzene rings is 3. The lowest BCUT2D eigenvalue weighted by Crippen LogP contribution is -2.32. The molecule has 6 heteroatoms. The van der Waals surface area contributed by atoms with Crippen LogP contribution in [0, 0.1) is 0 Å². The van der Waals surface area contributed by atoms with Gasteiger partial charge in [0.2, 0.25) is 11.8 Å². The Morgan fingerprint density at radius 3 is 2.65 bits per heavy atom. The van der Waals surface area contributed by atoms with E-state index < -0.39 is 0 Å². The highest BCUT2D eigenvalue weighted by atomic mass is 32.1. The van der Waals surface area contributed by atoms with Crippen LogP contribution < -0.4 is 10.6 Å². The molecule has 3 aromatic carbocycles. The summed E-state index contributed by atoms with van der Waals surface area (Å²) in [5.74, 6) is 0.343. The summed E-state index contributed by atoms with van der Waals surface area (Å²) in [6.07, 6.45) is 0. The third-order valence-corrected chi connectivity index (χ3v) is 4.14. The normalized spacial score (nSPS) is 10.8. The van der Waals surface area contributed by atoms with Crippen LogP contribution in [0.4, 0.5) is 5.69 Å². The molecule has 128 valence electrons. The van der Waals surface area contributed by atoms with Crippen LogP contribution in [0.25, 0.3) is 33.3 Å². The predicted molar refractivity (Wildman–Crippen MR) is 107 cm³/mol. The Morgan fingerprint density at radius 1 is 1.04 bits per heavy atom. The summed E-state index contributed by atoms with van der Waals surface area (Å²) in [7, 11) is 0. The molecule has 0 atom stereocenters. The lowest BCUT2D eigenvalue weighted by atomic mass is 10.1. The van der Waals surface area contributed by atoms with Crippen LogP contribution in [0.15, 0.2) is 65.1 Å². The van der Waals surface area contributed by atoms with Crippen molar-refractivity contribution in [3.05, 3.63) is 60.7 Å². The molecule has 1 amide bonds. The van der Waals surface area contributed by atoms with Crippen molar-refractivity contribution in [1.82, 2.24) is 10.3 Å². The number of hydrogen-bond donors (Lipinski definition) is 2. The van der Waals surface area contributed by atoms with Gasteiger partial charge in [0, 0.05) is 18.2 Å². The van der Waals surface area contributed by atoms with Crippen molar-refractivity contribution < 1.29 is 9.21 Å². The maximum absolute atomic E-state index is 11.0. The first-order valence-corrected chi connectivity index (χ1v) is 8.48. The largest absolute Gasteiger partial charge is 0.436 e. The number of fused-ring (bicyclic) bond motifs is 2. The van der Waals surface area contributed by atoms with E-state index in [4.69, 9.17) is 16.6 Å². The van der Waals surface area contributed by atoms with Gasteiger partial charge in [0.05, 0.1) is 0 Å². The van der Waals surface area contributed by atoms with Gasteiger partial charge in [-0.25, -0.2) is 4.98 Å². The Morgan fingerprint density at radius 2 is 1.85 bits per heavy atom. The first kappa shape index (κ1) is 16.2. The molecule has 26 heavy (non-hydrogen) atoms. The first-order chi connectivity index (χ1) is 12.6. The second-order valence-electron chi connectivity index (χ2n) is 5.90. The Kier molecular flexibility index (Phi) is 4.10. The van der Waals surface area contributed by atoms with E-state index in [1.165, 1.54) is 12.3 Å². The minimum atomic E-state index is -0.219. The van der Waals surface area contributed by atoms with Gasteiger partial charge < -0.3 is 15.1 Å². The Bertz CT molecular complexity index is 1150. The van der Waals surface area contributed by atoms with Crippen molar-refractivity contribution in [2.24, 2.45) is 0 Å². The summed E-state index contributed by atoms with van der Waals surface area (Å²) in [6.45, 7) is 1.41. The van der Waals surface area contributed by atoms with Crippen molar-refractivity contribution in [2.45, 2.75) is 6.92 Å². The van der Waals surface area contributed by atoms with Gasteiger partial charge in [0.1, 0.15) is 5.52 Å². The zero-order valence-electron chi connectivity index (χ0n) is 13.9. The van der Waals surface area contributed by atoms with E-state index in [0.29, 0.717) is 17.0 Å². The quantitative estimate of drug-likeness (QED) is 0.515. The topological polar surface area (TPSA) is 67.2 Å². The van der Waals surface area contributed by atoms with Gasteiger partial charge in [-0.05, 0) is 53.3 Å². The van der Waals surface area contributed by atoms with Crippen molar-refractivity contribution in [3.63, 3.8) is 0 Å². The van der Waals surface area contributed by atoms with Gasteiger partial charge in [-0.15, -0.1) is 0 Å². The van der Waals surface area contributed by atoms with E-state index in [9.17, 15) is 4.79 Å². The molecule has 0 fully saturated rings. The smallest absolute Gasteiger partial charge is 0.227 e. The maximum atomic E-state index is 11.0. The van der Waals surface area contributed by atoms with E-state index >= 15 is 0 Å². The SMILES string of the molecule is CC(=O)NC(=S)Nc1ccc2oc(-c3ccc4ccccc4c3)nc2c1. The Labute approximate surface area is 155 Å². The molecule has 1 aromatic heterocycles. The summed E-state index contributed by atoms with van der Waals surface area (Å²) in [5, 5.41) is 8.03. The number of carbonyl (C=O) groups excluding carboxylic acids is 1. The summed E-state index contributed by atoms with van der Waals surface area (Å²) in [6, 6.07) is 19.7. The molecule has 0 aliphatic carbocycles. The highest BCUT2D eigenvalue weighted by molar-refractivity contribution is 7.80. The highest BCUT2D eigenvalue weighted by Crippen LogP contribution is 2.28. The molecular weight excluding hydrogens is 346 g/mol. The van der Waals surface area contributed by atoms with Gasteiger partial charge in [-0.3, -0.25) is 4.79 Å². The summed E-state index contributed by atoms with van der Waals surface area (Å²) >= 11 is 5.07. The number of rotatable bonds is 2. The second-order valence-corrected chi connectivity index (χ2v) is 6.31. The van der Waals surface area contributed by atoms with E-state index in [2.05, 4.69) is 39.9 Å². The number of oxazole rings is 1. The molecule has 0 spiro atoms. The molecule has 0 saturated heterocycles. The first-order valence-electron chi connectivity index (χ1n) is 8.07. The van der Waals surface area contributed by atoms with Gasteiger partial charge in [-0.2, -0.15) is 0 Å². The highest BCUT2D eigenvalue weighted by Gasteiger charge is 2.10. The third-order valence-electron chi connectivity index (χ3n) is 3.93. The average molecular weight is 361 g/mol. The molecule has 4 rings (SSSR count). The molecule has 2 N–H and O–H groups in total. The van der Waals surface area contributed by atoms with Crippen LogP contribution in [0.2, 0.25) is 0 Å². The van der Waals surface area contributed by atoms with Crippen LogP contribution in [0.5, 0.6) is 0 Å². The van der Waals surface area contributed by atoms with Crippen LogP contribution in [0.1, 0.15) is 6.92 Å². The van der Waals surface area contributed by atoms with Crippen molar-refractivity contribution in [3.8, 4) is 11.5 Å². The van der Waals surface area contributed by atoms with Crippen LogP contribution >= 0.6 is 12.2 Å². The minimum absolute atomic E-state index is 0.219. The van der Waals surface area contributed by atoms with E-state index in [0.717, 1.165) is 16.6 Å². The van der Waals surface area contributed by atoms with Crippen LogP contribution in [0.3, 0.4) is 0 Å². The third kappa shape index (κ3) is 3.27. The number of nitrogens with zero attached hydrogens (tertiary/aromatic N) is 1. The average Bonchev–Trinajstić information content (AvgIpc) is 3.04. The summed E-state index contributed by atoms with van der Waals surface area (Å²) in [5.41, 5.74) is 3.05. The van der Waals surface area contributed by atoms with Crippen LogP contribution in [-0.4, -0.2) is 16.0 Å². The van der Waals surface area contributed by atoms with Crippen molar-refractivity contribution in [2.75, 3.05) is 5.32 Å². The lowest BCUT2D eigenvalue weighted by Gasteiger charge is -2.07. The van der Waals surface area contributed by atoms with Gasteiger partial charge in [0.25, 0.3) is 0 Å². The van der Waals surface area contributed by atoms with E-state index in [1.54, 1.807) is 0 Å². The standard InChI is InChI=1S/C20H15N3O2S/c1-12(24)21-20(26)22-16-8-9-18-17(11-16)23-19(25-18)15-7-6-13-4-2-3-5-14(13)10-15/h2-11H,1H3,(H2,21,22,24,26). The predicted octanol–water partition coefficient (Wildman–Crippen LogP) is 4.48. The van der Waals surface area contributed by atoms with Crippen LogP contribution in [-0.2, 0) is 4.79 Å². The minimum Gasteiger partial charge on any atom is -0.436 e. The number of anilines is 1. The molecule has 0 unspecified atom stereocenters. The fourth-order valence-electron chi connectivity index (χ4n) is 2.77. The number of nitrogens with one attached hydrogen (secondary N) is 2. The summed E-state index contributed by atoms with van der Waals surface area (Å²) in [4.78, 5) is 15.6. The molecule has 4 aromatic rings. The molecule has 0 saturated carbocycles. The van der Waals surface area contributed by atoms with Gasteiger partial charge in [0.15, 0.2) is 10.7 Å². The van der Waals surface area contributed by atoms with Gasteiger partial charge >= 0.3 is 0 Å². The fraction of sp³-hybridized carbons (Fsp3) is 0.0500. The number of aromatic nitrogens is 1. The number of amides is 1. The monoisotopic (exact) mass is 361 g/mol. The van der Waals surface area contributed by atoms with E-state index in [-0.39, 0.29) is 11.0 Å². The molecular formula is C20H15N3O2S. The fourth-order valence-corrected chi connectivity index (χ4v) is 3.03. The number of carbonyl (C=O) groups is 1. The molecule has 5 nitrogen and oxygen atoms in total. The Hall–Kier alpha value is -3.25. The van der Waals surface area contributed by atoms with Crippen molar-refractivity contribution in [1.29, 1.82) is 0 Å². The zero-order valence-corrected chi connectivity index (χ0v) is 14.8. The zero-order chi connectivity index (χ0) is 18.1. The summed E-state index contributed by atoms with van der Waals surface area (Å²) < 4.78 is 5.89. The van der Waals surface area contributed by atoms with Crippen molar-refractivity contribution >= 4 is 50.8 Å².